The number of hydrogen-bond acceptors (Lipinski definition) is 2. The van der Waals surface area contributed by atoms with E-state index < -0.39 is 12.1 Å². The molecule has 0 bridgehead atoms. The van der Waals surface area contributed by atoms with Gasteiger partial charge in [-0.15, -0.1) is 0 Å². The molecule has 0 saturated carbocycles. The van der Waals surface area contributed by atoms with Crippen LogP contribution in [-0.4, -0.2) is 19.3 Å². The summed E-state index contributed by atoms with van der Waals surface area (Å²) in [5, 5.41) is 0. The fraction of sp³-hybridized carbons (Fsp3) is 0.571. The number of halogens is 4. The maximum atomic E-state index is 12.8. The second-order valence-electron chi connectivity index (χ2n) is 5.33. The van der Waals surface area contributed by atoms with Crippen LogP contribution in [0.25, 0.3) is 0 Å². The van der Waals surface area contributed by atoms with Gasteiger partial charge < -0.3 is 10.6 Å². The molecular weight excluding hydrogens is 333 g/mol. The summed E-state index contributed by atoms with van der Waals surface area (Å²) in [6.45, 7) is 2.56. The maximum Gasteiger partial charge on any atom is 0.393 e. The molecule has 1 aromatic rings. The third-order valence-corrected chi connectivity index (χ3v) is 4.36. The van der Waals surface area contributed by atoms with Gasteiger partial charge in [-0.05, 0) is 53.4 Å². The summed E-state index contributed by atoms with van der Waals surface area (Å²) in [6.07, 6.45) is -3.34. The first-order valence-corrected chi connectivity index (χ1v) is 7.45. The highest BCUT2D eigenvalue weighted by Gasteiger charge is 2.42. The van der Waals surface area contributed by atoms with E-state index in [0.29, 0.717) is 13.0 Å². The van der Waals surface area contributed by atoms with Crippen LogP contribution in [0.3, 0.4) is 0 Å². The van der Waals surface area contributed by atoms with Gasteiger partial charge in [0.25, 0.3) is 0 Å². The first-order chi connectivity index (χ1) is 9.29. The fourth-order valence-electron chi connectivity index (χ4n) is 2.53. The second kappa shape index (κ2) is 5.93. The highest BCUT2D eigenvalue weighted by atomic mass is 79.9. The third kappa shape index (κ3) is 3.47. The van der Waals surface area contributed by atoms with E-state index in [1.807, 2.05) is 25.1 Å². The molecule has 20 heavy (non-hydrogen) atoms. The lowest BCUT2D eigenvalue weighted by Crippen LogP contribution is -2.41. The molecule has 1 saturated heterocycles. The molecule has 1 aromatic carbocycles. The zero-order valence-corrected chi connectivity index (χ0v) is 12.8. The minimum absolute atomic E-state index is 0.0274. The van der Waals surface area contributed by atoms with Crippen LogP contribution in [0.15, 0.2) is 22.7 Å². The Balaban J connectivity index is 2.19. The van der Waals surface area contributed by atoms with Crippen LogP contribution in [0.2, 0.25) is 0 Å². The van der Waals surface area contributed by atoms with E-state index in [2.05, 4.69) is 15.9 Å². The van der Waals surface area contributed by atoms with Gasteiger partial charge in [-0.1, -0.05) is 6.07 Å². The fourth-order valence-corrected chi connectivity index (χ4v) is 3.17. The molecule has 112 valence electrons. The number of nitrogens with zero attached hydrogens (tertiary/aromatic N) is 1. The Hall–Kier alpha value is -0.750. The zero-order valence-electron chi connectivity index (χ0n) is 11.3. The number of nitrogens with two attached hydrogens (primary N) is 1. The highest BCUT2D eigenvalue weighted by Crippen LogP contribution is 2.37. The summed E-state index contributed by atoms with van der Waals surface area (Å²) in [5.41, 5.74) is 7.58. The minimum Gasteiger partial charge on any atom is -0.370 e. The van der Waals surface area contributed by atoms with E-state index in [1.54, 1.807) is 4.90 Å². The minimum atomic E-state index is -4.11. The van der Waals surface area contributed by atoms with Gasteiger partial charge in [0.15, 0.2) is 0 Å². The van der Waals surface area contributed by atoms with Crippen LogP contribution >= 0.6 is 15.9 Å². The van der Waals surface area contributed by atoms with Crippen molar-refractivity contribution in [2.24, 2.45) is 11.7 Å². The van der Waals surface area contributed by atoms with E-state index >= 15 is 0 Å². The molecule has 1 aliphatic heterocycles. The van der Waals surface area contributed by atoms with Crippen molar-refractivity contribution < 1.29 is 13.2 Å². The van der Waals surface area contributed by atoms with E-state index in [0.717, 1.165) is 15.7 Å². The smallest absolute Gasteiger partial charge is 0.370 e. The Morgan fingerprint density at radius 2 is 2.10 bits per heavy atom. The molecule has 0 radical (unpaired) electrons. The van der Waals surface area contributed by atoms with Gasteiger partial charge in [0.05, 0.1) is 11.6 Å². The number of hydrogen-bond donors (Lipinski definition) is 1. The normalized spacial score (nSPS) is 21.9. The molecule has 0 spiro atoms. The van der Waals surface area contributed by atoms with Crippen molar-refractivity contribution in [2.75, 3.05) is 18.0 Å². The second-order valence-corrected chi connectivity index (χ2v) is 6.18. The summed E-state index contributed by atoms with van der Waals surface area (Å²) >= 11 is 3.44. The van der Waals surface area contributed by atoms with Gasteiger partial charge in [0, 0.05) is 23.6 Å². The number of benzene rings is 1. The van der Waals surface area contributed by atoms with Gasteiger partial charge in [-0.2, -0.15) is 13.2 Å². The molecular formula is C14H18BrF3N2. The maximum absolute atomic E-state index is 12.8. The topological polar surface area (TPSA) is 29.3 Å². The van der Waals surface area contributed by atoms with Crippen molar-refractivity contribution in [1.29, 1.82) is 0 Å². The number of piperidine rings is 1. The van der Waals surface area contributed by atoms with Crippen molar-refractivity contribution >= 4 is 21.6 Å². The molecule has 0 aliphatic carbocycles. The van der Waals surface area contributed by atoms with Gasteiger partial charge in [0.2, 0.25) is 0 Å². The van der Waals surface area contributed by atoms with Gasteiger partial charge >= 0.3 is 6.18 Å². The average molecular weight is 351 g/mol. The summed E-state index contributed by atoms with van der Waals surface area (Å²) in [6, 6.07) is 5.52. The van der Waals surface area contributed by atoms with Gasteiger partial charge in [-0.3, -0.25) is 0 Å². The average Bonchev–Trinajstić information content (AvgIpc) is 2.37. The molecule has 1 aliphatic rings. The van der Waals surface area contributed by atoms with E-state index in [-0.39, 0.29) is 19.0 Å². The van der Waals surface area contributed by atoms with Gasteiger partial charge in [-0.25, -0.2) is 0 Å². The van der Waals surface area contributed by atoms with Crippen molar-refractivity contribution in [3.8, 4) is 0 Å². The molecule has 2 atom stereocenters. The third-order valence-electron chi connectivity index (χ3n) is 3.72. The molecule has 0 aromatic heterocycles. The van der Waals surface area contributed by atoms with Crippen LogP contribution in [0.1, 0.15) is 31.4 Å². The van der Waals surface area contributed by atoms with Crippen molar-refractivity contribution in [1.82, 2.24) is 0 Å². The Morgan fingerprint density at radius 3 is 2.65 bits per heavy atom. The molecule has 2 N–H and O–H groups in total. The molecule has 1 heterocycles. The van der Waals surface area contributed by atoms with E-state index in [9.17, 15) is 13.2 Å². The van der Waals surface area contributed by atoms with Crippen molar-refractivity contribution in [3.05, 3.63) is 28.2 Å². The Kier molecular flexibility index (Phi) is 4.64. The van der Waals surface area contributed by atoms with Crippen LogP contribution in [0.4, 0.5) is 18.9 Å². The van der Waals surface area contributed by atoms with E-state index in [4.69, 9.17) is 5.73 Å². The van der Waals surface area contributed by atoms with Crippen LogP contribution in [0.5, 0.6) is 0 Å². The Bertz CT molecular complexity index is 474. The molecule has 1 unspecified atom stereocenters. The molecule has 6 heteroatoms. The van der Waals surface area contributed by atoms with Crippen LogP contribution < -0.4 is 10.6 Å². The Labute approximate surface area is 125 Å². The molecule has 2 nitrogen and oxygen atoms in total. The predicted molar refractivity (Wildman–Crippen MR) is 77.7 cm³/mol. The SMILES string of the molecule is C[C@@H](N)c1ccc(N2CCCC(C(F)(F)F)C2)c(Br)c1. The lowest BCUT2D eigenvalue weighted by molar-refractivity contribution is -0.175. The standard InChI is InChI=1S/C14H18BrF3N2/c1-9(19)10-4-5-13(12(15)7-10)20-6-2-3-11(8-20)14(16,17)18/h4-5,7,9,11H,2-3,6,8,19H2,1H3/t9-,11?/m1/s1. The summed E-state index contributed by atoms with van der Waals surface area (Å²) < 4.78 is 39.3. The summed E-state index contributed by atoms with van der Waals surface area (Å²) in [4.78, 5) is 1.80. The van der Waals surface area contributed by atoms with Gasteiger partial charge in [0.1, 0.15) is 0 Å². The van der Waals surface area contributed by atoms with Crippen molar-refractivity contribution in [2.45, 2.75) is 32.0 Å². The first kappa shape index (κ1) is 15.6. The number of alkyl halides is 3. The predicted octanol–water partition coefficient (Wildman–Crippen LogP) is 4.25. The van der Waals surface area contributed by atoms with E-state index in [1.165, 1.54) is 0 Å². The van der Waals surface area contributed by atoms with Crippen LogP contribution in [-0.2, 0) is 0 Å². The number of rotatable bonds is 2. The van der Waals surface area contributed by atoms with Crippen molar-refractivity contribution in [3.63, 3.8) is 0 Å². The molecule has 1 fully saturated rings. The lowest BCUT2D eigenvalue weighted by atomic mass is 9.97. The zero-order chi connectivity index (χ0) is 14.9. The summed E-state index contributed by atoms with van der Waals surface area (Å²) in [7, 11) is 0. The van der Waals surface area contributed by atoms with Crippen LogP contribution in [0, 0.1) is 5.92 Å². The highest BCUT2D eigenvalue weighted by molar-refractivity contribution is 9.10. The quantitative estimate of drug-likeness (QED) is 0.863. The Morgan fingerprint density at radius 1 is 1.40 bits per heavy atom. The summed E-state index contributed by atoms with van der Waals surface area (Å²) in [5.74, 6) is -1.24. The molecule has 0 amide bonds. The molecule has 2 rings (SSSR count). The first-order valence-electron chi connectivity index (χ1n) is 6.65. The lowest BCUT2D eigenvalue weighted by Gasteiger charge is -2.36. The largest absolute Gasteiger partial charge is 0.393 e. The number of anilines is 1. The monoisotopic (exact) mass is 350 g/mol.